The van der Waals surface area contributed by atoms with Crippen molar-refractivity contribution in [3.8, 4) is 0 Å². The molecule has 2 saturated heterocycles. The van der Waals surface area contributed by atoms with Crippen molar-refractivity contribution in [3.05, 3.63) is 0 Å². The molecule has 0 saturated carbocycles. The first-order valence-corrected chi connectivity index (χ1v) is 7.03. The molecule has 0 amide bonds. The van der Waals surface area contributed by atoms with E-state index >= 15 is 0 Å². The maximum Gasteiger partial charge on any atom is 0.0347 e. The van der Waals surface area contributed by atoms with Crippen molar-refractivity contribution in [2.75, 3.05) is 59.9 Å². The number of piperazine rings is 1. The van der Waals surface area contributed by atoms with Crippen LogP contribution >= 0.6 is 0 Å². The van der Waals surface area contributed by atoms with Crippen molar-refractivity contribution < 1.29 is 0 Å². The molecule has 1 N–H and O–H groups in total. The van der Waals surface area contributed by atoms with E-state index in [2.05, 4.69) is 41.0 Å². The normalized spacial score (nSPS) is 33.4. The Morgan fingerprint density at radius 3 is 2.71 bits per heavy atom. The zero-order valence-electron chi connectivity index (χ0n) is 11.7. The molecule has 0 spiro atoms. The second kappa shape index (κ2) is 6.14. The van der Waals surface area contributed by atoms with Crippen molar-refractivity contribution in [3.63, 3.8) is 0 Å². The van der Waals surface area contributed by atoms with Crippen molar-refractivity contribution in [2.45, 2.75) is 25.4 Å². The smallest absolute Gasteiger partial charge is 0.0347 e. The Morgan fingerprint density at radius 2 is 1.94 bits per heavy atom. The fourth-order valence-electron chi connectivity index (χ4n) is 3.05. The zero-order chi connectivity index (χ0) is 12.3. The summed E-state index contributed by atoms with van der Waals surface area (Å²) >= 11 is 0. The van der Waals surface area contributed by atoms with E-state index in [0.717, 1.165) is 12.6 Å². The first-order valence-electron chi connectivity index (χ1n) is 7.03. The minimum atomic E-state index is 0.717. The van der Waals surface area contributed by atoms with E-state index in [1.165, 1.54) is 45.7 Å². The molecule has 2 aliphatic heterocycles. The third-order valence-corrected chi connectivity index (χ3v) is 4.21. The van der Waals surface area contributed by atoms with E-state index in [1.807, 2.05) is 0 Å². The van der Waals surface area contributed by atoms with Crippen LogP contribution in [0.3, 0.4) is 0 Å². The van der Waals surface area contributed by atoms with Crippen molar-refractivity contribution in [1.82, 2.24) is 20.0 Å². The molecule has 100 valence electrons. The SMILES string of the molecule is CCNC1CCN(CC2CN(C)CCN2C)C1. The second-order valence-corrected chi connectivity index (χ2v) is 5.70. The van der Waals surface area contributed by atoms with E-state index < -0.39 is 0 Å². The summed E-state index contributed by atoms with van der Waals surface area (Å²) in [5.41, 5.74) is 0. The summed E-state index contributed by atoms with van der Waals surface area (Å²) in [6, 6.07) is 1.45. The standard InChI is InChI=1S/C13H28N4/c1-4-14-12-5-6-17(9-12)11-13-10-15(2)7-8-16(13)3/h12-14H,4-11H2,1-3H3. The number of nitrogens with one attached hydrogen (secondary N) is 1. The zero-order valence-corrected chi connectivity index (χ0v) is 11.7. The largest absolute Gasteiger partial charge is 0.313 e. The van der Waals surface area contributed by atoms with E-state index in [9.17, 15) is 0 Å². The number of likely N-dealkylation sites (tertiary alicyclic amines) is 1. The van der Waals surface area contributed by atoms with E-state index in [0.29, 0.717) is 6.04 Å². The maximum atomic E-state index is 3.57. The van der Waals surface area contributed by atoms with Gasteiger partial charge in [-0.15, -0.1) is 0 Å². The maximum absolute atomic E-state index is 3.57. The van der Waals surface area contributed by atoms with Gasteiger partial charge in [0, 0.05) is 44.8 Å². The van der Waals surface area contributed by atoms with Gasteiger partial charge in [-0.2, -0.15) is 0 Å². The molecule has 0 aliphatic carbocycles. The van der Waals surface area contributed by atoms with Crippen LogP contribution in [0.15, 0.2) is 0 Å². The summed E-state index contributed by atoms with van der Waals surface area (Å²) in [4.78, 5) is 7.62. The number of rotatable bonds is 4. The molecule has 2 heterocycles. The lowest BCUT2D eigenvalue weighted by atomic mass is 10.2. The van der Waals surface area contributed by atoms with Gasteiger partial charge >= 0.3 is 0 Å². The van der Waals surface area contributed by atoms with Crippen LogP contribution < -0.4 is 5.32 Å². The van der Waals surface area contributed by atoms with Crippen LogP contribution in [0, 0.1) is 0 Å². The first-order chi connectivity index (χ1) is 8.19. The van der Waals surface area contributed by atoms with Crippen LogP contribution in [-0.2, 0) is 0 Å². The fraction of sp³-hybridized carbons (Fsp3) is 1.00. The number of hydrogen-bond acceptors (Lipinski definition) is 4. The van der Waals surface area contributed by atoms with Crippen LogP contribution in [0.2, 0.25) is 0 Å². The molecule has 4 nitrogen and oxygen atoms in total. The topological polar surface area (TPSA) is 21.8 Å². The number of nitrogens with zero attached hydrogens (tertiary/aromatic N) is 3. The van der Waals surface area contributed by atoms with Crippen LogP contribution in [0.1, 0.15) is 13.3 Å². The highest BCUT2D eigenvalue weighted by Crippen LogP contribution is 2.13. The summed E-state index contributed by atoms with van der Waals surface area (Å²) in [6.07, 6.45) is 1.32. The Labute approximate surface area is 106 Å². The van der Waals surface area contributed by atoms with Gasteiger partial charge in [-0.25, -0.2) is 0 Å². The molecule has 0 aromatic rings. The van der Waals surface area contributed by atoms with Crippen LogP contribution in [0.4, 0.5) is 0 Å². The van der Waals surface area contributed by atoms with Gasteiger partial charge in [0.25, 0.3) is 0 Å². The van der Waals surface area contributed by atoms with Crippen LogP contribution in [0.25, 0.3) is 0 Å². The van der Waals surface area contributed by atoms with Gasteiger partial charge in [-0.05, 0) is 33.6 Å². The Hall–Kier alpha value is -0.160. The number of likely N-dealkylation sites (N-methyl/N-ethyl adjacent to an activating group) is 3. The Bertz CT molecular complexity index is 233. The second-order valence-electron chi connectivity index (χ2n) is 5.70. The minimum Gasteiger partial charge on any atom is -0.313 e. The minimum absolute atomic E-state index is 0.717. The molecule has 0 radical (unpaired) electrons. The predicted molar refractivity (Wildman–Crippen MR) is 72.4 cm³/mol. The molecule has 2 aliphatic rings. The highest BCUT2D eigenvalue weighted by Gasteiger charge is 2.28. The Kier molecular flexibility index (Phi) is 4.79. The van der Waals surface area contributed by atoms with Crippen molar-refractivity contribution in [2.24, 2.45) is 0 Å². The van der Waals surface area contributed by atoms with Crippen molar-refractivity contribution in [1.29, 1.82) is 0 Å². The first kappa shape index (κ1) is 13.3. The molecule has 2 atom stereocenters. The molecular formula is C13H28N4. The van der Waals surface area contributed by atoms with Gasteiger partial charge in [0.05, 0.1) is 0 Å². The predicted octanol–water partition coefficient (Wildman–Crippen LogP) is -0.0840. The summed E-state index contributed by atoms with van der Waals surface area (Å²) in [6.45, 7) is 10.7. The monoisotopic (exact) mass is 240 g/mol. The van der Waals surface area contributed by atoms with Gasteiger partial charge in [-0.3, -0.25) is 4.90 Å². The van der Waals surface area contributed by atoms with Gasteiger partial charge in [-0.1, -0.05) is 6.92 Å². The van der Waals surface area contributed by atoms with Crippen molar-refractivity contribution >= 4 is 0 Å². The molecule has 2 fully saturated rings. The average molecular weight is 240 g/mol. The molecule has 0 bridgehead atoms. The molecule has 0 aromatic carbocycles. The molecule has 0 aromatic heterocycles. The average Bonchev–Trinajstić information content (AvgIpc) is 2.72. The lowest BCUT2D eigenvalue weighted by Gasteiger charge is -2.39. The highest BCUT2D eigenvalue weighted by atomic mass is 15.3. The van der Waals surface area contributed by atoms with Gasteiger partial charge < -0.3 is 15.1 Å². The lowest BCUT2D eigenvalue weighted by molar-refractivity contribution is 0.0884. The molecule has 2 rings (SSSR count). The summed E-state index contributed by atoms with van der Waals surface area (Å²) < 4.78 is 0. The summed E-state index contributed by atoms with van der Waals surface area (Å²) in [5, 5.41) is 3.57. The summed E-state index contributed by atoms with van der Waals surface area (Å²) in [7, 11) is 4.51. The third kappa shape index (κ3) is 3.65. The molecule has 2 unspecified atom stereocenters. The Morgan fingerprint density at radius 1 is 1.12 bits per heavy atom. The molecule has 17 heavy (non-hydrogen) atoms. The van der Waals surface area contributed by atoms with Crippen LogP contribution in [-0.4, -0.2) is 86.7 Å². The third-order valence-electron chi connectivity index (χ3n) is 4.21. The van der Waals surface area contributed by atoms with Gasteiger partial charge in [0.2, 0.25) is 0 Å². The Balaban J connectivity index is 1.76. The van der Waals surface area contributed by atoms with E-state index in [-0.39, 0.29) is 0 Å². The lowest BCUT2D eigenvalue weighted by Crippen LogP contribution is -2.54. The quantitative estimate of drug-likeness (QED) is 0.742. The fourth-order valence-corrected chi connectivity index (χ4v) is 3.05. The number of hydrogen-bond donors (Lipinski definition) is 1. The molecule has 4 heteroatoms. The van der Waals surface area contributed by atoms with Gasteiger partial charge in [0.15, 0.2) is 0 Å². The highest BCUT2D eigenvalue weighted by molar-refractivity contribution is 4.86. The van der Waals surface area contributed by atoms with Crippen LogP contribution in [0.5, 0.6) is 0 Å². The molecular weight excluding hydrogens is 212 g/mol. The summed E-state index contributed by atoms with van der Waals surface area (Å²) in [5.74, 6) is 0. The van der Waals surface area contributed by atoms with E-state index in [1.54, 1.807) is 0 Å². The van der Waals surface area contributed by atoms with E-state index in [4.69, 9.17) is 0 Å². The van der Waals surface area contributed by atoms with Gasteiger partial charge in [0.1, 0.15) is 0 Å².